The summed E-state index contributed by atoms with van der Waals surface area (Å²) >= 11 is 0. The summed E-state index contributed by atoms with van der Waals surface area (Å²) in [4.78, 5) is 0. The molecule has 0 radical (unpaired) electrons. The molecule has 0 aromatic heterocycles. The fourth-order valence-corrected chi connectivity index (χ4v) is 4.18. The quantitative estimate of drug-likeness (QED) is 0.463. The average molecular weight is 445 g/mol. The van der Waals surface area contributed by atoms with Crippen molar-refractivity contribution < 1.29 is 19.7 Å². The van der Waals surface area contributed by atoms with Gasteiger partial charge in [-0.05, 0) is 80.7 Å². The predicted molar refractivity (Wildman–Crippen MR) is 132 cm³/mol. The lowest BCUT2D eigenvalue weighted by Crippen LogP contribution is -2.27. The number of hydrogen-bond donors (Lipinski definition) is 2. The van der Waals surface area contributed by atoms with Crippen LogP contribution in [-0.2, 0) is 13.0 Å². The summed E-state index contributed by atoms with van der Waals surface area (Å²) in [6.45, 7) is 8.49. The molecule has 1 aliphatic rings. The topological polar surface area (TPSA) is 58.9 Å². The minimum Gasteiger partial charge on any atom is -0.507 e. The first-order valence-corrected chi connectivity index (χ1v) is 11.4. The third-order valence-corrected chi connectivity index (χ3v) is 6.27. The van der Waals surface area contributed by atoms with Gasteiger partial charge in [0.05, 0.1) is 12.2 Å². The van der Waals surface area contributed by atoms with E-state index in [-0.39, 0.29) is 18.3 Å². The van der Waals surface area contributed by atoms with Gasteiger partial charge in [-0.25, -0.2) is 0 Å². The smallest absolute Gasteiger partial charge is 0.131 e. The first-order chi connectivity index (χ1) is 15.8. The van der Waals surface area contributed by atoms with Crippen molar-refractivity contribution in [2.45, 2.75) is 52.2 Å². The van der Waals surface area contributed by atoms with Crippen LogP contribution in [0.5, 0.6) is 17.2 Å². The molecular weight excluding hydrogens is 412 g/mol. The van der Waals surface area contributed by atoms with Gasteiger partial charge in [-0.15, -0.1) is 0 Å². The van der Waals surface area contributed by atoms with E-state index < -0.39 is 5.60 Å². The lowest BCUT2D eigenvalue weighted by molar-refractivity contribution is 0.158. The molecule has 0 fully saturated rings. The molecule has 3 aromatic carbocycles. The minimum absolute atomic E-state index is 0.0555. The van der Waals surface area contributed by atoms with E-state index >= 15 is 0 Å². The molecule has 0 bridgehead atoms. The molecule has 4 rings (SSSR count). The molecule has 1 atom stereocenters. The molecule has 0 saturated heterocycles. The number of aryl methyl sites for hydroxylation is 2. The maximum absolute atomic E-state index is 11.0. The van der Waals surface area contributed by atoms with E-state index in [1.807, 2.05) is 74.5 Å². The average Bonchev–Trinajstić information content (AvgIpc) is 2.79. The van der Waals surface area contributed by atoms with Crippen LogP contribution >= 0.6 is 0 Å². The van der Waals surface area contributed by atoms with Gasteiger partial charge in [0.2, 0.25) is 0 Å². The van der Waals surface area contributed by atoms with E-state index in [0.717, 1.165) is 33.6 Å². The fraction of sp³-hybridized carbons (Fsp3) is 0.310. The summed E-state index contributed by atoms with van der Waals surface area (Å²) in [5.74, 6) is 1.42. The Balaban J connectivity index is 1.63. The van der Waals surface area contributed by atoms with Crippen molar-refractivity contribution in [1.29, 1.82) is 0 Å². The summed E-state index contributed by atoms with van der Waals surface area (Å²) in [5.41, 5.74) is 5.37. The third kappa shape index (κ3) is 5.07. The van der Waals surface area contributed by atoms with Crippen molar-refractivity contribution in [2.24, 2.45) is 0 Å². The highest BCUT2D eigenvalue weighted by Gasteiger charge is 2.26. The van der Waals surface area contributed by atoms with Crippen LogP contribution in [0.25, 0.3) is 6.08 Å². The summed E-state index contributed by atoms with van der Waals surface area (Å²) in [5, 5.41) is 21.3. The lowest BCUT2D eigenvalue weighted by Gasteiger charge is -2.29. The van der Waals surface area contributed by atoms with E-state index in [9.17, 15) is 10.2 Å². The summed E-state index contributed by atoms with van der Waals surface area (Å²) in [6, 6.07) is 18.0. The van der Waals surface area contributed by atoms with Crippen LogP contribution in [0.1, 0.15) is 53.1 Å². The van der Waals surface area contributed by atoms with E-state index in [0.29, 0.717) is 24.3 Å². The number of rotatable bonds is 7. The highest BCUT2D eigenvalue weighted by Crippen LogP contribution is 2.41. The number of hydrogen-bond acceptors (Lipinski definition) is 4. The first kappa shape index (κ1) is 22.9. The molecule has 3 aromatic rings. The van der Waals surface area contributed by atoms with Gasteiger partial charge in [0, 0.05) is 11.5 Å². The number of fused-ring (bicyclic) bond motifs is 1. The maximum atomic E-state index is 11.0. The zero-order valence-electron chi connectivity index (χ0n) is 19.8. The van der Waals surface area contributed by atoms with Crippen molar-refractivity contribution in [1.82, 2.24) is 0 Å². The van der Waals surface area contributed by atoms with Crippen molar-refractivity contribution >= 4 is 6.08 Å². The molecule has 0 amide bonds. The van der Waals surface area contributed by atoms with Crippen LogP contribution in [-0.4, -0.2) is 22.4 Å². The number of ether oxygens (including phenoxy) is 2. The summed E-state index contributed by atoms with van der Waals surface area (Å²) < 4.78 is 12.2. The van der Waals surface area contributed by atoms with Crippen LogP contribution in [0.4, 0.5) is 0 Å². The zero-order valence-corrected chi connectivity index (χ0v) is 19.8. The Bertz CT molecular complexity index is 1160. The first-order valence-electron chi connectivity index (χ1n) is 11.4. The third-order valence-electron chi connectivity index (χ3n) is 6.27. The number of aliphatic hydroxyl groups is 1. The number of phenolic OH excluding ortho intramolecular Hbond substituents is 1. The molecule has 4 heteroatoms. The second-order valence-corrected chi connectivity index (χ2v) is 9.36. The number of aliphatic hydroxyl groups excluding tert-OH is 1. The summed E-state index contributed by atoms with van der Waals surface area (Å²) in [6.07, 6.45) is 4.34. The molecule has 1 aliphatic heterocycles. The molecule has 172 valence electrons. The Morgan fingerprint density at radius 1 is 1.00 bits per heavy atom. The Hall–Kier alpha value is -3.24. The van der Waals surface area contributed by atoms with Gasteiger partial charge < -0.3 is 19.7 Å². The molecule has 0 aliphatic carbocycles. The van der Waals surface area contributed by atoms with Gasteiger partial charge in [-0.2, -0.15) is 0 Å². The van der Waals surface area contributed by atoms with Gasteiger partial charge in [0.25, 0.3) is 0 Å². The summed E-state index contributed by atoms with van der Waals surface area (Å²) in [7, 11) is 0. The Morgan fingerprint density at radius 2 is 1.73 bits per heavy atom. The van der Waals surface area contributed by atoms with E-state index in [1.54, 1.807) is 0 Å². The van der Waals surface area contributed by atoms with Gasteiger partial charge in [0.15, 0.2) is 0 Å². The molecule has 33 heavy (non-hydrogen) atoms. The number of benzene rings is 3. The maximum Gasteiger partial charge on any atom is 0.131 e. The van der Waals surface area contributed by atoms with Gasteiger partial charge in [0.1, 0.15) is 29.5 Å². The second kappa shape index (κ2) is 9.32. The van der Waals surface area contributed by atoms with Crippen LogP contribution in [0.3, 0.4) is 0 Å². The van der Waals surface area contributed by atoms with Crippen molar-refractivity contribution in [3.05, 3.63) is 94.1 Å². The van der Waals surface area contributed by atoms with Crippen LogP contribution in [0, 0.1) is 13.8 Å². The Kier molecular flexibility index (Phi) is 6.48. The highest BCUT2D eigenvalue weighted by molar-refractivity contribution is 5.68. The second-order valence-electron chi connectivity index (χ2n) is 9.36. The van der Waals surface area contributed by atoms with Crippen LogP contribution < -0.4 is 9.47 Å². The van der Waals surface area contributed by atoms with Crippen molar-refractivity contribution in [2.75, 3.05) is 6.61 Å². The molecule has 0 saturated carbocycles. The molecule has 4 nitrogen and oxygen atoms in total. The standard InChI is InChI=1S/C29H32O4/c1-19-14-25(27(15-20(19)2)32-18-21-8-6-5-7-9-21)23(17-30)16-22-10-11-26-24(28(22)31)12-13-29(3,4)33-26/h5-15,23,30-31H,16-18H2,1-4H3. The van der Waals surface area contributed by atoms with E-state index in [2.05, 4.69) is 19.9 Å². The van der Waals surface area contributed by atoms with Gasteiger partial charge in [-0.1, -0.05) is 42.5 Å². The van der Waals surface area contributed by atoms with E-state index in [1.165, 1.54) is 0 Å². The molecular formula is C29H32O4. The monoisotopic (exact) mass is 444 g/mol. The fourth-order valence-electron chi connectivity index (χ4n) is 4.18. The molecule has 1 heterocycles. The Morgan fingerprint density at radius 3 is 2.45 bits per heavy atom. The Labute approximate surface area is 196 Å². The SMILES string of the molecule is Cc1cc(OCc2ccccc2)c(C(CO)Cc2ccc3c(c2O)C=CC(C)(C)O3)cc1C. The van der Waals surface area contributed by atoms with Crippen molar-refractivity contribution in [3.63, 3.8) is 0 Å². The van der Waals surface area contributed by atoms with Crippen LogP contribution in [0.15, 0.2) is 60.7 Å². The molecule has 2 N–H and O–H groups in total. The number of phenols is 1. The largest absolute Gasteiger partial charge is 0.507 e. The lowest BCUT2D eigenvalue weighted by atomic mass is 9.88. The minimum atomic E-state index is -0.404. The normalized spacial score (nSPS) is 14.9. The number of aromatic hydroxyl groups is 1. The molecule has 0 spiro atoms. The predicted octanol–water partition coefficient (Wildman–Crippen LogP) is 6.09. The highest BCUT2D eigenvalue weighted by atomic mass is 16.5. The van der Waals surface area contributed by atoms with Gasteiger partial charge >= 0.3 is 0 Å². The zero-order chi connectivity index (χ0) is 23.6. The van der Waals surface area contributed by atoms with Crippen molar-refractivity contribution in [3.8, 4) is 17.2 Å². The molecule has 1 unspecified atom stereocenters. The van der Waals surface area contributed by atoms with Gasteiger partial charge in [-0.3, -0.25) is 0 Å². The van der Waals surface area contributed by atoms with E-state index in [4.69, 9.17) is 9.47 Å². The van der Waals surface area contributed by atoms with Crippen LogP contribution in [0.2, 0.25) is 0 Å².